The first kappa shape index (κ1) is 18.9. The summed E-state index contributed by atoms with van der Waals surface area (Å²) in [5, 5.41) is 3.13. The highest BCUT2D eigenvalue weighted by Crippen LogP contribution is 2.32. The van der Waals surface area contributed by atoms with Crippen LogP contribution in [0, 0.1) is 13.8 Å². The molecule has 1 N–H and O–H groups in total. The first-order chi connectivity index (χ1) is 13.9. The van der Waals surface area contributed by atoms with E-state index in [9.17, 15) is 14.4 Å². The average molecular weight is 405 g/mol. The van der Waals surface area contributed by atoms with Crippen molar-refractivity contribution in [2.45, 2.75) is 13.8 Å². The van der Waals surface area contributed by atoms with Crippen LogP contribution < -0.4 is 10.2 Å². The zero-order valence-corrected chi connectivity index (χ0v) is 16.6. The number of aryl methyl sites for hydroxylation is 2. The molecule has 0 radical (unpaired) electrons. The van der Waals surface area contributed by atoms with Crippen molar-refractivity contribution in [2.24, 2.45) is 0 Å². The molecule has 0 aliphatic carbocycles. The lowest BCUT2D eigenvalue weighted by atomic mass is 10.1. The first-order valence-electron chi connectivity index (χ1n) is 9.03. The van der Waals surface area contributed by atoms with Crippen LogP contribution in [0.4, 0.5) is 11.4 Å². The number of fused-ring (bicyclic) bond motifs is 1. The quantitative estimate of drug-likeness (QED) is 0.624. The molecule has 0 fully saturated rings. The van der Waals surface area contributed by atoms with Crippen LogP contribution in [0.15, 0.2) is 60.7 Å². The van der Waals surface area contributed by atoms with Crippen LogP contribution in [0.2, 0.25) is 5.02 Å². The molecule has 0 bridgehead atoms. The van der Waals surface area contributed by atoms with E-state index < -0.39 is 17.7 Å². The number of imide groups is 1. The van der Waals surface area contributed by atoms with Gasteiger partial charge in [0.25, 0.3) is 17.7 Å². The first-order valence-corrected chi connectivity index (χ1v) is 9.40. The van der Waals surface area contributed by atoms with Crippen molar-refractivity contribution in [1.29, 1.82) is 0 Å². The Hall–Kier alpha value is -3.44. The second kappa shape index (κ2) is 7.18. The molecule has 3 aromatic carbocycles. The number of hydrogen-bond donors (Lipinski definition) is 1. The summed E-state index contributed by atoms with van der Waals surface area (Å²) in [6, 6.07) is 17.0. The Labute approximate surface area is 172 Å². The summed E-state index contributed by atoms with van der Waals surface area (Å²) in [6.07, 6.45) is 0. The molecule has 1 aliphatic heterocycles. The highest BCUT2D eigenvalue weighted by Gasteiger charge is 2.37. The summed E-state index contributed by atoms with van der Waals surface area (Å²) in [7, 11) is 0. The van der Waals surface area contributed by atoms with E-state index in [1.165, 1.54) is 23.1 Å². The Morgan fingerprint density at radius 2 is 1.62 bits per heavy atom. The molecule has 0 saturated heterocycles. The van der Waals surface area contributed by atoms with Crippen molar-refractivity contribution in [2.75, 3.05) is 10.2 Å². The number of amides is 3. The maximum absolute atomic E-state index is 13.0. The van der Waals surface area contributed by atoms with Crippen molar-refractivity contribution in [1.82, 2.24) is 0 Å². The molecule has 3 amide bonds. The summed E-state index contributed by atoms with van der Waals surface area (Å²) >= 11 is 6.09. The SMILES string of the molecule is Cc1ccc(C)c(N2C(=O)c3ccc(C(=O)Nc4ccccc4Cl)cc3C2=O)c1. The van der Waals surface area contributed by atoms with Gasteiger partial charge in [0.15, 0.2) is 0 Å². The fourth-order valence-corrected chi connectivity index (χ4v) is 3.50. The van der Waals surface area contributed by atoms with Crippen LogP contribution in [-0.4, -0.2) is 17.7 Å². The number of nitrogens with one attached hydrogen (secondary N) is 1. The maximum Gasteiger partial charge on any atom is 0.266 e. The normalized spacial score (nSPS) is 12.9. The highest BCUT2D eigenvalue weighted by molar-refractivity contribution is 6.35. The van der Waals surface area contributed by atoms with E-state index in [0.29, 0.717) is 16.4 Å². The lowest BCUT2D eigenvalue weighted by molar-refractivity contribution is 0.0925. The predicted molar refractivity (Wildman–Crippen MR) is 113 cm³/mol. The van der Waals surface area contributed by atoms with E-state index in [1.54, 1.807) is 24.3 Å². The van der Waals surface area contributed by atoms with Gasteiger partial charge in [0.05, 0.1) is 27.5 Å². The molecule has 0 saturated carbocycles. The third-order valence-electron chi connectivity index (χ3n) is 4.88. The van der Waals surface area contributed by atoms with Crippen LogP contribution in [0.1, 0.15) is 42.2 Å². The molecule has 0 unspecified atom stereocenters. The number of carbonyl (C=O) groups excluding carboxylic acids is 3. The number of para-hydroxylation sites is 1. The Balaban J connectivity index is 1.68. The minimum absolute atomic E-state index is 0.211. The van der Waals surface area contributed by atoms with E-state index >= 15 is 0 Å². The van der Waals surface area contributed by atoms with Gasteiger partial charge in [0.2, 0.25) is 0 Å². The summed E-state index contributed by atoms with van der Waals surface area (Å²) in [4.78, 5) is 39.7. The molecule has 5 nitrogen and oxygen atoms in total. The lowest BCUT2D eigenvalue weighted by Gasteiger charge is -2.17. The van der Waals surface area contributed by atoms with Crippen molar-refractivity contribution in [3.63, 3.8) is 0 Å². The van der Waals surface area contributed by atoms with E-state index in [4.69, 9.17) is 11.6 Å². The van der Waals surface area contributed by atoms with Gasteiger partial charge in [0, 0.05) is 5.56 Å². The van der Waals surface area contributed by atoms with Crippen molar-refractivity contribution in [3.05, 3.63) is 93.5 Å². The molecule has 0 spiro atoms. The third kappa shape index (κ3) is 3.30. The predicted octanol–water partition coefficient (Wildman–Crippen LogP) is 5.01. The smallest absolute Gasteiger partial charge is 0.266 e. The fraction of sp³-hybridized carbons (Fsp3) is 0.0870. The Morgan fingerprint density at radius 3 is 2.38 bits per heavy atom. The van der Waals surface area contributed by atoms with Crippen molar-refractivity contribution < 1.29 is 14.4 Å². The summed E-state index contributed by atoms with van der Waals surface area (Å²) < 4.78 is 0. The van der Waals surface area contributed by atoms with E-state index in [-0.39, 0.29) is 16.7 Å². The molecule has 0 atom stereocenters. The molecule has 3 aromatic rings. The highest BCUT2D eigenvalue weighted by atomic mass is 35.5. The Bertz CT molecular complexity index is 1190. The molecule has 1 aliphatic rings. The maximum atomic E-state index is 13.0. The summed E-state index contributed by atoms with van der Waals surface area (Å²) in [5.74, 6) is -1.24. The second-order valence-electron chi connectivity index (χ2n) is 6.93. The number of hydrogen-bond acceptors (Lipinski definition) is 3. The van der Waals surface area contributed by atoms with Crippen molar-refractivity contribution >= 4 is 40.7 Å². The number of halogens is 1. The number of benzene rings is 3. The van der Waals surface area contributed by atoms with Gasteiger partial charge in [0.1, 0.15) is 0 Å². The second-order valence-corrected chi connectivity index (χ2v) is 7.34. The minimum atomic E-state index is -0.439. The molecular formula is C23H17ClN2O3. The van der Waals surface area contributed by atoms with Crippen LogP contribution in [0.25, 0.3) is 0 Å². The van der Waals surface area contributed by atoms with Crippen LogP contribution >= 0.6 is 11.6 Å². The van der Waals surface area contributed by atoms with E-state index in [1.807, 2.05) is 32.0 Å². The largest absolute Gasteiger partial charge is 0.321 e. The van der Waals surface area contributed by atoms with Gasteiger partial charge in [-0.3, -0.25) is 14.4 Å². The average Bonchev–Trinajstić information content (AvgIpc) is 2.95. The monoisotopic (exact) mass is 404 g/mol. The third-order valence-corrected chi connectivity index (χ3v) is 5.21. The van der Waals surface area contributed by atoms with Crippen LogP contribution in [0.5, 0.6) is 0 Å². The topological polar surface area (TPSA) is 66.5 Å². The Morgan fingerprint density at radius 1 is 0.897 bits per heavy atom. The summed E-state index contributed by atoms with van der Waals surface area (Å²) in [6.45, 7) is 3.75. The van der Waals surface area contributed by atoms with Crippen molar-refractivity contribution in [3.8, 4) is 0 Å². The van der Waals surface area contributed by atoms with Gasteiger partial charge in [-0.15, -0.1) is 0 Å². The summed E-state index contributed by atoms with van der Waals surface area (Å²) in [5.41, 5.74) is 3.56. The molecule has 29 heavy (non-hydrogen) atoms. The van der Waals surface area contributed by atoms with Gasteiger partial charge in [-0.1, -0.05) is 35.9 Å². The molecule has 1 heterocycles. The standard InChI is InChI=1S/C23H17ClN2O3/c1-13-7-8-14(2)20(11-13)26-22(28)16-10-9-15(12-17(16)23(26)29)21(27)25-19-6-4-3-5-18(19)24/h3-12H,1-2H3,(H,25,27). The van der Waals surface area contributed by atoms with Gasteiger partial charge in [-0.2, -0.15) is 0 Å². The van der Waals surface area contributed by atoms with E-state index in [0.717, 1.165) is 11.1 Å². The van der Waals surface area contributed by atoms with Gasteiger partial charge >= 0.3 is 0 Å². The van der Waals surface area contributed by atoms with Gasteiger partial charge in [-0.25, -0.2) is 4.90 Å². The Kier molecular flexibility index (Phi) is 4.68. The number of rotatable bonds is 3. The zero-order chi connectivity index (χ0) is 20.7. The number of carbonyl (C=O) groups is 3. The fourth-order valence-electron chi connectivity index (χ4n) is 3.32. The van der Waals surface area contributed by atoms with Crippen LogP contribution in [0.3, 0.4) is 0 Å². The van der Waals surface area contributed by atoms with Gasteiger partial charge < -0.3 is 5.32 Å². The molecular weight excluding hydrogens is 388 g/mol. The zero-order valence-electron chi connectivity index (χ0n) is 15.8. The number of anilines is 2. The van der Waals surface area contributed by atoms with E-state index in [2.05, 4.69) is 5.32 Å². The minimum Gasteiger partial charge on any atom is -0.321 e. The molecule has 6 heteroatoms. The molecule has 0 aromatic heterocycles. The van der Waals surface area contributed by atoms with Crippen LogP contribution in [-0.2, 0) is 0 Å². The number of nitrogens with zero attached hydrogens (tertiary/aromatic N) is 1. The molecule has 144 valence electrons. The molecule has 4 rings (SSSR count). The van der Waals surface area contributed by atoms with Gasteiger partial charge in [-0.05, 0) is 61.4 Å². The lowest BCUT2D eigenvalue weighted by Crippen LogP contribution is -2.30.